The van der Waals surface area contributed by atoms with E-state index in [-0.39, 0.29) is 24.9 Å². The first kappa shape index (κ1) is 15.5. The van der Waals surface area contributed by atoms with Crippen molar-refractivity contribution < 1.29 is 19.0 Å². The number of hydrogen-bond donors (Lipinski definition) is 2. The Kier molecular flexibility index (Phi) is 5.75. The summed E-state index contributed by atoms with van der Waals surface area (Å²) >= 11 is 0. The summed E-state index contributed by atoms with van der Waals surface area (Å²) in [6.45, 7) is 0.137. The maximum absolute atomic E-state index is 12.9. The predicted molar refractivity (Wildman–Crippen MR) is 77.4 cm³/mol. The molecule has 0 aromatic heterocycles. The van der Waals surface area contributed by atoms with Gasteiger partial charge in [0.2, 0.25) is 5.91 Å². The summed E-state index contributed by atoms with van der Waals surface area (Å²) in [5, 5.41) is 12.4. The van der Waals surface area contributed by atoms with Crippen LogP contribution < -0.4 is 10.1 Å². The molecule has 1 aliphatic carbocycles. The van der Waals surface area contributed by atoms with Crippen molar-refractivity contribution in [2.45, 2.75) is 25.4 Å². The highest BCUT2D eigenvalue weighted by Gasteiger charge is 2.15. The fraction of sp³-hybridized carbons (Fsp3) is 0.438. The summed E-state index contributed by atoms with van der Waals surface area (Å²) in [6, 6.07) is 5.72. The Balaban J connectivity index is 1.63. The van der Waals surface area contributed by atoms with Crippen molar-refractivity contribution in [3.05, 3.63) is 42.2 Å². The lowest BCUT2D eigenvalue weighted by atomic mass is 10.1. The van der Waals surface area contributed by atoms with E-state index in [9.17, 15) is 14.3 Å². The number of halogens is 1. The van der Waals surface area contributed by atoms with Crippen LogP contribution in [0.2, 0.25) is 0 Å². The fourth-order valence-electron chi connectivity index (χ4n) is 2.22. The summed E-state index contributed by atoms with van der Waals surface area (Å²) in [4.78, 5) is 11.7. The molecule has 0 unspecified atom stereocenters. The highest BCUT2D eigenvalue weighted by molar-refractivity contribution is 5.76. The van der Waals surface area contributed by atoms with Gasteiger partial charge in [-0.3, -0.25) is 4.79 Å². The number of aliphatic hydroxyl groups excluding tert-OH is 1. The number of allylic oxidation sites excluding steroid dienone is 2. The van der Waals surface area contributed by atoms with Crippen molar-refractivity contribution in [3.63, 3.8) is 0 Å². The molecule has 0 fully saturated rings. The smallest absolute Gasteiger partial charge is 0.220 e. The van der Waals surface area contributed by atoms with Crippen LogP contribution >= 0.6 is 0 Å². The lowest BCUT2D eigenvalue weighted by Crippen LogP contribution is -2.35. The van der Waals surface area contributed by atoms with Gasteiger partial charge in [-0.2, -0.15) is 0 Å². The van der Waals surface area contributed by atoms with Crippen LogP contribution in [0.4, 0.5) is 4.39 Å². The summed E-state index contributed by atoms with van der Waals surface area (Å²) in [5.74, 6) is 0.207. The minimum Gasteiger partial charge on any atom is -0.491 e. The van der Waals surface area contributed by atoms with Gasteiger partial charge in [-0.05, 0) is 30.9 Å². The van der Waals surface area contributed by atoms with E-state index >= 15 is 0 Å². The van der Waals surface area contributed by atoms with Gasteiger partial charge in [0.25, 0.3) is 0 Å². The van der Waals surface area contributed by atoms with Crippen LogP contribution in [0.5, 0.6) is 5.75 Å². The van der Waals surface area contributed by atoms with E-state index in [1.807, 2.05) is 0 Å². The van der Waals surface area contributed by atoms with E-state index in [4.69, 9.17) is 4.74 Å². The number of benzene rings is 1. The van der Waals surface area contributed by atoms with Gasteiger partial charge in [0, 0.05) is 19.0 Å². The quantitative estimate of drug-likeness (QED) is 0.756. The zero-order valence-electron chi connectivity index (χ0n) is 11.8. The number of hydrogen-bond acceptors (Lipinski definition) is 3. The van der Waals surface area contributed by atoms with Gasteiger partial charge in [0.15, 0.2) is 0 Å². The van der Waals surface area contributed by atoms with E-state index < -0.39 is 6.10 Å². The molecule has 0 heterocycles. The number of ether oxygens (including phenoxy) is 1. The molecule has 21 heavy (non-hydrogen) atoms. The van der Waals surface area contributed by atoms with Crippen LogP contribution in [0.25, 0.3) is 0 Å². The average molecular weight is 293 g/mol. The number of carbonyl (C=O) groups is 1. The molecule has 0 aliphatic heterocycles. The molecule has 0 radical (unpaired) electrons. The molecule has 0 spiro atoms. The van der Waals surface area contributed by atoms with Crippen LogP contribution in [0.15, 0.2) is 36.4 Å². The molecule has 0 bridgehead atoms. The number of rotatable bonds is 7. The highest BCUT2D eigenvalue weighted by atomic mass is 19.1. The number of aliphatic hydroxyl groups is 1. The zero-order chi connectivity index (χ0) is 15.1. The van der Waals surface area contributed by atoms with Crippen LogP contribution in [0, 0.1) is 11.7 Å². The second-order valence-corrected chi connectivity index (χ2v) is 5.20. The Morgan fingerprint density at radius 2 is 2.38 bits per heavy atom. The first-order valence-electron chi connectivity index (χ1n) is 7.13. The van der Waals surface area contributed by atoms with Gasteiger partial charge < -0.3 is 15.2 Å². The maximum atomic E-state index is 12.9. The van der Waals surface area contributed by atoms with Crippen molar-refractivity contribution in [2.75, 3.05) is 13.2 Å². The van der Waals surface area contributed by atoms with Gasteiger partial charge in [-0.15, -0.1) is 0 Å². The average Bonchev–Trinajstić information content (AvgIpc) is 2.96. The van der Waals surface area contributed by atoms with Crippen molar-refractivity contribution in [1.29, 1.82) is 0 Å². The Labute approximate surface area is 123 Å². The van der Waals surface area contributed by atoms with Crippen molar-refractivity contribution >= 4 is 5.91 Å². The minimum absolute atomic E-state index is 0.00701. The second-order valence-electron chi connectivity index (χ2n) is 5.20. The molecule has 2 atom stereocenters. The minimum atomic E-state index is -0.823. The zero-order valence-corrected chi connectivity index (χ0v) is 11.8. The molecule has 114 valence electrons. The third-order valence-electron chi connectivity index (χ3n) is 3.33. The summed E-state index contributed by atoms with van der Waals surface area (Å²) in [5.41, 5.74) is 0. The molecule has 1 aromatic carbocycles. The molecule has 0 saturated heterocycles. The van der Waals surface area contributed by atoms with E-state index in [1.54, 1.807) is 6.07 Å². The fourth-order valence-corrected chi connectivity index (χ4v) is 2.22. The lowest BCUT2D eigenvalue weighted by molar-refractivity contribution is -0.122. The van der Waals surface area contributed by atoms with Crippen molar-refractivity contribution in [1.82, 2.24) is 5.32 Å². The Hall–Kier alpha value is -1.88. The van der Waals surface area contributed by atoms with E-state index in [0.717, 1.165) is 12.8 Å². The third-order valence-corrected chi connectivity index (χ3v) is 3.33. The maximum Gasteiger partial charge on any atom is 0.220 e. The molecule has 4 nitrogen and oxygen atoms in total. The van der Waals surface area contributed by atoms with E-state index in [0.29, 0.717) is 18.1 Å². The van der Waals surface area contributed by atoms with Crippen LogP contribution in [-0.4, -0.2) is 30.3 Å². The molecule has 2 rings (SSSR count). The van der Waals surface area contributed by atoms with Crippen LogP contribution in [0.1, 0.15) is 19.3 Å². The van der Waals surface area contributed by atoms with Crippen LogP contribution in [0.3, 0.4) is 0 Å². The Morgan fingerprint density at radius 1 is 1.52 bits per heavy atom. The van der Waals surface area contributed by atoms with Gasteiger partial charge >= 0.3 is 0 Å². The molecule has 1 amide bonds. The number of carbonyl (C=O) groups excluding carboxylic acids is 1. The lowest BCUT2D eigenvalue weighted by Gasteiger charge is -2.14. The second kappa shape index (κ2) is 7.78. The standard InChI is InChI=1S/C16H20FNO3/c17-13-6-3-7-15(9-13)21-11-14(19)10-18-16(20)8-12-4-1-2-5-12/h1,3-4,6-7,9,12,14,19H,2,5,8,10-11H2,(H,18,20)/t12-,14+/m0/s1. The monoisotopic (exact) mass is 293 g/mol. The molecular formula is C16H20FNO3. The molecular weight excluding hydrogens is 273 g/mol. The van der Waals surface area contributed by atoms with Gasteiger partial charge in [0.05, 0.1) is 0 Å². The molecule has 0 saturated carbocycles. The first-order valence-corrected chi connectivity index (χ1v) is 7.13. The van der Waals surface area contributed by atoms with Crippen molar-refractivity contribution in [2.24, 2.45) is 5.92 Å². The molecule has 1 aliphatic rings. The summed E-state index contributed by atoms with van der Waals surface area (Å²) in [6.07, 6.45) is 5.81. The molecule has 1 aromatic rings. The largest absolute Gasteiger partial charge is 0.491 e. The molecule has 2 N–H and O–H groups in total. The van der Waals surface area contributed by atoms with Crippen molar-refractivity contribution in [3.8, 4) is 5.75 Å². The normalized spacial score (nSPS) is 18.5. The first-order chi connectivity index (χ1) is 10.1. The van der Waals surface area contributed by atoms with Gasteiger partial charge in [0.1, 0.15) is 24.3 Å². The number of nitrogens with one attached hydrogen (secondary N) is 1. The predicted octanol–water partition coefficient (Wildman–Crippen LogP) is 2.04. The van der Waals surface area contributed by atoms with Gasteiger partial charge in [-0.1, -0.05) is 18.2 Å². The summed E-state index contributed by atoms with van der Waals surface area (Å²) < 4.78 is 18.2. The topological polar surface area (TPSA) is 58.6 Å². The Morgan fingerprint density at radius 3 is 3.10 bits per heavy atom. The third kappa shape index (κ3) is 5.55. The summed E-state index contributed by atoms with van der Waals surface area (Å²) in [7, 11) is 0. The van der Waals surface area contributed by atoms with Gasteiger partial charge in [-0.25, -0.2) is 4.39 Å². The molecule has 5 heteroatoms. The van der Waals surface area contributed by atoms with Crippen LogP contribution in [-0.2, 0) is 4.79 Å². The number of amides is 1. The highest BCUT2D eigenvalue weighted by Crippen LogP contribution is 2.19. The van der Waals surface area contributed by atoms with E-state index in [1.165, 1.54) is 18.2 Å². The van der Waals surface area contributed by atoms with E-state index in [2.05, 4.69) is 17.5 Å². The SMILES string of the molecule is O=C(C[C@H]1C=CCC1)NC[C@@H](O)COc1cccc(F)c1. The Bertz CT molecular complexity index is 504.